The SMILES string of the molecule is Cc1cc2nn(-c3ccc(C(C)C)cc3)nc2cc1NC(=S)NC(=O)c1ccc2c(c1)OCO2. The normalized spacial score (nSPS) is 12.2. The number of ether oxygens (including phenoxy) is 2. The lowest BCUT2D eigenvalue weighted by Gasteiger charge is -2.12. The Kier molecular flexibility index (Phi) is 5.62. The average Bonchev–Trinajstić information content (AvgIpc) is 3.45. The highest BCUT2D eigenvalue weighted by Gasteiger charge is 2.17. The van der Waals surface area contributed by atoms with Gasteiger partial charge in [0.2, 0.25) is 6.79 Å². The van der Waals surface area contributed by atoms with Crippen LogP contribution in [0.4, 0.5) is 5.69 Å². The van der Waals surface area contributed by atoms with Crippen LogP contribution in [0.1, 0.15) is 41.3 Å². The van der Waals surface area contributed by atoms with Crippen LogP contribution in [0.2, 0.25) is 0 Å². The van der Waals surface area contributed by atoms with Gasteiger partial charge in [0.25, 0.3) is 5.91 Å². The summed E-state index contributed by atoms with van der Waals surface area (Å²) in [6.07, 6.45) is 0. The highest BCUT2D eigenvalue weighted by atomic mass is 32.1. The molecule has 0 radical (unpaired) electrons. The molecule has 0 saturated carbocycles. The number of fused-ring (bicyclic) bond motifs is 2. The number of rotatable bonds is 4. The molecule has 8 nitrogen and oxygen atoms in total. The maximum absolute atomic E-state index is 12.6. The zero-order valence-corrected chi connectivity index (χ0v) is 19.8. The molecule has 9 heteroatoms. The van der Waals surface area contributed by atoms with Gasteiger partial charge in [-0.05, 0) is 78.7 Å². The van der Waals surface area contributed by atoms with E-state index in [1.54, 1.807) is 23.0 Å². The minimum atomic E-state index is -0.342. The molecule has 0 atom stereocenters. The van der Waals surface area contributed by atoms with Crippen LogP contribution in [0.25, 0.3) is 16.7 Å². The van der Waals surface area contributed by atoms with Crippen molar-refractivity contribution in [3.05, 3.63) is 71.3 Å². The van der Waals surface area contributed by atoms with Crippen molar-refractivity contribution >= 4 is 40.0 Å². The zero-order chi connectivity index (χ0) is 23.8. The van der Waals surface area contributed by atoms with E-state index in [1.807, 2.05) is 31.2 Å². The van der Waals surface area contributed by atoms with Gasteiger partial charge in [0.15, 0.2) is 16.6 Å². The largest absolute Gasteiger partial charge is 0.454 e. The molecule has 2 N–H and O–H groups in total. The van der Waals surface area contributed by atoms with Gasteiger partial charge in [-0.2, -0.15) is 4.80 Å². The fourth-order valence-corrected chi connectivity index (χ4v) is 3.88. The second-order valence-corrected chi connectivity index (χ2v) is 8.78. The number of aryl methyl sites for hydroxylation is 1. The van der Waals surface area contributed by atoms with Gasteiger partial charge in [-0.25, -0.2) is 0 Å². The van der Waals surface area contributed by atoms with Crippen molar-refractivity contribution in [2.24, 2.45) is 0 Å². The number of nitrogens with zero attached hydrogens (tertiary/aromatic N) is 3. The summed E-state index contributed by atoms with van der Waals surface area (Å²) in [6.45, 7) is 6.42. The maximum Gasteiger partial charge on any atom is 0.257 e. The number of hydrogen-bond donors (Lipinski definition) is 2. The topological polar surface area (TPSA) is 90.3 Å². The summed E-state index contributed by atoms with van der Waals surface area (Å²) >= 11 is 5.37. The second-order valence-electron chi connectivity index (χ2n) is 8.37. The van der Waals surface area contributed by atoms with Crippen molar-refractivity contribution in [2.45, 2.75) is 26.7 Å². The first-order chi connectivity index (χ1) is 16.4. The van der Waals surface area contributed by atoms with Crippen molar-refractivity contribution in [1.82, 2.24) is 20.3 Å². The fourth-order valence-electron chi connectivity index (χ4n) is 3.68. The first-order valence-electron chi connectivity index (χ1n) is 10.9. The van der Waals surface area contributed by atoms with Crippen molar-refractivity contribution in [2.75, 3.05) is 12.1 Å². The van der Waals surface area contributed by atoms with Gasteiger partial charge in [0, 0.05) is 11.3 Å². The molecular formula is C25H23N5O3S. The Morgan fingerprint density at radius 2 is 1.71 bits per heavy atom. The number of anilines is 1. The lowest BCUT2D eigenvalue weighted by Crippen LogP contribution is -2.34. The number of benzene rings is 3. The van der Waals surface area contributed by atoms with Gasteiger partial charge in [-0.3, -0.25) is 10.1 Å². The quantitative estimate of drug-likeness (QED) is 0.415. The predicted molar refractivity (Wildman–Crippen MR) is 134 cm³/mol. The highest BCUT2D eigenvalue weighted by molar-refractivity contribution is 7.80. The molecule has 1 aliphatic heterocycles. The van der Waals surface area contributed by atoms with Crippen LogP contribution in [-0.4, -0.2) is 32.8 Å². The summed E-state index contributed by atoms with van der Waals surface area (Å²) in [5.74, 6) is 1.27. The van der Waals surface area contributed by atoms with Crippen molar-refractivity contribution < 1.29 is 14.3 Å². The summed E-state index contributed by atoms with van der Waals surface area (Å²) in [4.78, 5) is 14.2. The highest BCUT2D eigenvalue weighted by Crippen LogP contribution is 2.32. The minimum Gasteiger partial charge on any atom is -0.454 e. The third kappa shape index (κ3) is 4.29. The number of hydrogen-bond acceptors (Lipinski definition) is 6. The summed E-state index contributed by atoms with van der Waals surface area (Å²) in [6, 6.07) is 17.0. The summed E-state index contributed by atoms with van der Waals surface area (Å²) in [5.41, 5.74) is 5.72. The zero-order valence-electron chi connectivity index (χ0n) is 19.0. The van der Waals surface area contributed by atoms with E-state index < -0.39 is 0 Å². The summed E-state index contributed by atoms with van der Waals surface area (Å²) in [7, 11) is 0. The van der Waals surface area contributed by atoms with Crippen molar-refractivity contribution in [1.29, 1.82) is 0 Å². The van der Waals surface area contributed by atoms with Crippen LogP contribution in [0.3, 0.4) is 0 Å². The maximum atomic E-state index is 12.6. The standard InChI is InChI=1S/C25H23N5O3S/c1-14(2)16-4-7-18(8-5-16)30-28-20-10-15(3)19(12-21(20)29-30)26-25(34)27-24(31)17-6-9-22-23(11-17)33-13-32-22/h4-12,14H,13H2,1-3H3,(H2,26,27,31,34). The molecule has 0 bridgehead atoms. The molecule has 172 valence electrons. The Bertz CT molecular complexity index is 1410. The van der Waals surface area contributed by atoms with Gasteiger partial charge < -0.3 is 14.8 Å². The number of nitrogens with one attached hydrogen (secondary N) is 2. The molecule has 1 aliphatic rings. The number of carbonyl (C=O) groups excluding carboxylic acids is 1. The number of thiocarbonyl (C=S) groups is 1. The average molecular weight is 474 g/mol. The third-order valence-corrected chi connectivity index (χ3v) is 5.83. The van der Waals surface area contributed by atoms with Crippen LogP contribution in [0, 0.1) is 6.92 Å². The fraction of sp³-hybridized carbons (Fsp3) is 0.200. The molecule has 5 rings (SSSR count). The monoisotopic (exact) mass is 473 g/mol. The van der Waals surface area contributed by atoms with E-state index >= 15 is 0 Å². The Labute approximate surface area is 201 Å². The summed E-state index contributed by atoms with van der Waals surface area (Å²) in [5, 5.41) is 15.2. The molecule has 0 aliphatic carbocycles. The van der Waals surface area contributed by atoms with E-state index in [4.69, 9.17) is 21.7 Å². The molecular weight excluding hydrogens is 450 g/mol. The van der Waals surface area contributed by atoms with Gasteiger partial charge in [-0.15, -0.1) is 10.2 Å². The van der Waals surface area contributed by atoms with Gasteiger partial charge >= 0.3 is 0 Å². The molecule has 0 spiro atoms. The Morgan fingerprint density at radius 1 is 1.00 bits per heavy atom. The van der Waals surface area contributed by atoms with Crippen LogP contribution in [-0.2, 0) is 0 Å². The van der Waals surface area contributed by atoms with E-state index in [9.17, 15) is 4.79 Å². The molecule has 0 fully saturated rings. The van der Waals surface area contributed by atoms with Gasteiger partial charge in [0.1, 0.15) is 11.0 Å². The predicted octanol–water partition coefficient (Wildman–Crippen LogP) is 4.71. The number of amides is 1. The van der Waals surface area contributed by atoms with E-state index in [0.29, 0.717) is 28.5 Å². The molecule has 0 saturated heterocycles. The lowest BCUT2D eigenvalue weighted by molar-refractivity contribution is 0.0977. The molecule has 2 heterocycles. The smallest absolute Gasteiger partial charge is 0.257 e. The van der Waals surface area contributed by atoms with Crippen LogP contribution >= 0.6 is 12.2 Å². The van der Waals surface area contributed by atoms with Crippen molar-refractivity contribution in [3.63, 3.8) is 0 Å². The van der Waals surface area contributed by atoms with Gasteiger partial charge in [0.05, 0.1) is 5.69 Å². The van der Waals surface area contributed by atoms with E-state index in [0.717, 1.165) is 22.5 Å². The van der Waals surface area contributed by atoms with E-state index in [2.05, 4.69) is 46.8 Å². The Hall–Kier alpha value is -3.98. The molecule has 1 aromatic heterocycles. The number of carbonyl (C=O) groups is 1. The first kappa shape index (κ1) is 21.8. The first-order valence-corrected chi connectivity index (χ1v) is 11.3. The lowest BCUT2D eigenvalue weighted by atomic mass is 10.0. The van der Waals surface area contributed by atoms with Crippen LogP contribution in [0.5, 0.6) is 11.5 Å². The van der Waals surface area contributed by atoms with Crippen molar-refractivity contribution in [3.8, 4) is 17.2 Å². The second kappa shape index (κ2) is 8.75. The molecule has 0 unspecified atom stereocenters. The number of aromatic nitrogens is 3. The van der Waals surface area contributed by atoms with Gasteiger partial charge in [-0.1, -0.05) is 26.0 Å². The Balaban J connectivity index is 1.31. The molecule has 4 aromatic rings. The molecule has 1 amide bonds. The third-order valence-electron chi connectivity index (χ3n) is 5.63. The Morgan fingerprint density at radius 3 is 2.44 bits per heavy atom. The minimum absolute atomic E-state index is 0.149. The van der Waals surface area contributed by atoms with Crippen LogP contribution < -0.4 is 20.1 Å². The molecule has 34 heavy (non-hydrogen) atoms. The van der Waals surface area contributed by atoms with E-state index in [-0.39, 0.29) is 17.8 Å². The summed E-state index contributed by atoms with van der Waals surface area (Å²) < 4.78 is 10.6. The molecule has 3 aromatic carbocycles. The van der Waals surface area contributed by atoms with E-state index in [1.165, 1.54) is 5.56 Å². The van der Waals surface area contributed by atoms with Crippen LogP contribution in [0.15, 0.2) is 54.6 Å².